The fourth-order valence-electron chi connectivity index (χ4n) is 2.23. The first-order chi connectivity index (χ1) is 7.81. The first-order valence-corrected chi connectivity index (χ1v) is 6.12. The van der Waals surface area contributed by atoms with Gasteiger partial charge in [0.2, 0.25) is 0 Å². The van der Waals surface area contributed by atoms with E-state index in [0.29, 0.717) is 6.42 Å². The lowest BCUT2D eigenvalue weighted by atomic mass is 10.0. The highest BCUT2D eigenvalue weighted by Gasteiger charge is 2.21. The zero-order valence-electron chi connectivity index (χ0n) is 9.80. The molecule has 1 aliphatic heterocycles. The molecule has 4 nitrogen and oxygen atoms in total. The summed E-state index contributed by atoms with van der Waals surface area (Å²) in [5.74, 6) is 0.761. The fourth-order valence-corrected chi connectivity index (χ4v) is 2.23. The van der Waals surface area contributed by atoms with E-state index in [9.17, 15) is 5.11 Å². The van der Waals surface area contributed by atoms with Gasteiger partial charge in [-0.15, -0.1) is 0 Å². The highest BCUT2D eigenvalue weighted by atomic mass is 16.5. The van der Waals surface area contributed by atoms with Crippen LogP contribution in [-0.4, -0.2) is 27.4 Å². The third-order valence-electron chi connectivity index (χ3n) is 3.15. The van der Waals surface area contributed by atoms with Crippen molar-refractivity contribution in [1.29, 1.82) is 0 Å². The largest absolute Gasteiger partial charge is 0.385 e. The Morgan fingerprint density at radius 2 is 2.50 bits per heavy atom. The molecule has 2 unspecified atom stereocenters. The minimum absolute atomic E-state index is 0.200. The molecule has 2 rings (SSSR count). The average molecular weight is 224 g/mol. The summed E-state index contributed by atoms with van der Waals surface area (Å²) >= 11 is 0. The Morgan fingerprint density at radius 3 is 3.19 bits per heavy atom. The number of aromatic nitrogens is 2. The molecule has 16 heavy (non-hydrogen) atoms. The molecule has 0 radical (unpaired) electrons. The highest BCUT2D eigenvalue weighted by molar-refractivity contribution is 4.97. The second-order valence-electron chi connectivity index (χ2n) is 4.31. The van der Waals surface area contributed by atoms with E-state index in [-0.39, 0.29) is 6.10 Å². The minimum Gasteiger partial charge on any atom is -0.385 e. The van der Waals surface area contributed by atoms with Gasteiger partial charge in [0.05, 0.1) is 6.10 Å². The van der Waals surface area contributed by atoms with E-state index in [1.807, 2.05) is 10.8 Å². The minimum atomic E-state index is -0.502. The van der Waals surface area contributed by atoms with Gasteiger partial charge < -0.3 is 14.4 Å². The van der Waals surface area contributed by atoms with Crippen LogP contribution in [0.1, 0.15) is 44.5 Å². The molecule has 0 bridgehead atoms. The number of nitrogens with zero attached hydrogens (tertiary/aromatic N) is 2. The molecular formula is C12H20N2O2. The quantitative estimate of drug-likeness (QED) is 0.849. The number of rotatable bonds is 4. The Morgan fingerprint density at radius 1 is 1.62 bits per heavy atom. The molecule has 0 aromatic carbocycles. The van der Waals surface area contributed by atoms with Crippen molar-refractivity contribution >= 4 is 0 Å². The van der Waals surface area contributed by atoms with E-state index in [4.69, 9.17) is 4.74 Å². The molecule has 1 aromatic rings. The summed E-state index contributed by atoms with van der Waals surface area (Å²) in [6.07, 6.45) is 7.42. The van der Waals surface area contributed by atoms with Crippen LogP contribution in [0.15, 0.2) is 12.4 Å². The van der Waals surface area contributed by atoms with Crippen LogP contribution in [0.4, 0.5) is 0 Å². The first-order valence-electron chi connectivity index (χ1n) is 6.12. The van der Waals surface area contributed by atoms with Crippen LogP contribution in [0.3, 0.4) is 0 Å². The number of aryl methyl sites for hydroxylation is 1. The molecular weight excluding hydrogens is 204 g/mol. The van der Waals surface area contributed by atoms with E-state index in [1.165, 1.54) is 6.42 Å². The second-order valence-corrected chi connectivity index (χ2v) is 4.31. The lowest BCUT2D eigenvalue weighted by molar-refractivity contribution is -0.0177. The molecule has 1 aromatic heterocycles. The molecule has 1 saturated heterocycles. The number of hydrogen-bond donors (Lipinski definition) is 1. The molecule has 1 N–H and O–H groups in total. The summed E-state index contributed by atoms with van der Waals surface area (Å²) in [6.45, 7) is 3.73. The monoisotopic (exact) mass is 224 g/mol. The molecule has 1 aliphatic rings. The Kier molecular flexibility index (Phi) is 3.96. The van der Waals surface area contributed by atoms with E-state index in [2.05, 4.69) is 11.9 Å². The smallest absolute Gasteiger partial charge is 0.137 e. The molecule has 90 valence electrons. The predicted molar refractivity (Wildman–Crippen MR) is 61.1 cm³/mol. The molecule has 2 atom stereocenters. The van der Waals surface area contributed by atoms with Crippen LogP contribution < -0.4 is 0 Å². The third-order valence-corrected chi connectivity index (χ3v) is 3.15. The summed E-state index contributed by atoms with van der Waals surface area (Å²) in [5, 5.41) is 10.1. The molecule has 4 heteroatoms. The zero-order chi connectivity index (χ0) is 11.4. The van der Waals surface area contributed by atoms with Crippen molar-refractivity contribution in [2.24, 2.45) is 0 Å². The molecule has 0 amide bonds. The SMILES string of the molecule is CCn1ccnc1C(O)CC1CCCCO1. The van der Waals surface area contributed by atoms with Gasteiger partial charge in [-0.1, -0.05) is 0 Å². The second kappa shape index (κ2) is 5.46. The topological polar surface area (TPSA) is 47.3 Å². The van der Waals surface area contributed by atoms with E-state index < -0.39 is 6.10 Å². The standard InChI is InChI=1S/C12H20N2O2/c1-2-14-7-6-13-12(14)11(15)9-10-5-3-4-8-16-10/h6-7,10-11,15H,2-5,8-9H2,1H3. The third kappa shape index (κ3) is 2.62. The molecule has 0 spiro atoms. The van der Waals surface area contributed by atoms with Crippen molar-refractivity contribution in [1.82, 2.24) is 9.55 Å². The maximum atomic E-state index is 10.1. The number of hydrogen-bond acceptors (Lipinski definition) is 3. The maximum Gasteiger partial charge on any atom is 0.137 e. The van der Waals surface area contributed by atoms with Crippen molar-refractivity contribution < 1.29 is 9.84 Å². The summed E-state index contributed by atoms with van der Waals surface area (Å²) < 4.78 is 7.60. The van der Waals surface area contributed by atoms with Gasteiger partial charge in [-0.05, 0) is 26.2 Å². The Labute approximate surface area is 96.3 Å². The van der Waals surface area contributed by atoms with Gasteiger partial charge in [0, 0.05) is 32.0 Å². The average Bonchev–Trinajstić information content (AvgIpc) is 2.78. The van der Waals surface area contributed by atoms with Crippen LogP contribution in [0.5, 0.6) is 0 Å². The van der Waals surface area contributed by atoms with Crippen LogP contribution in [-0.2, 0) is 11.3 Å². The summed E-state index contributed by atoms with van der Waals surface area (Å²) in [5.41, 5.74) is 0. The summed E-state index contributed by atoms with van der Waals surface area (Å²) in [4.78, 5) is 4.21. The van der Waals surface area contributed by atoms with Gasteiger partial charge in [-0.2, -0.15) is 0 Å². The van der Waals surface area contributed by atoms with Gasteiger partial charge in [0.1, 0.15) is 11.9 Å². The number of aliphatic hydroxyl groups excluding tert-OH is 1. The van der Waals surface area contributed by atoms with Crippen molar-refractivity contribution in [2.75, 3.05) is 6.61 Å². The molecule has 0 saturated carbocycles. The summed E-state index contributed by atoms with van der Waals surface area (Å²) in [7, 11) is 0. The van der Waals surface area contributed by atoms with Gasteiger partial charge in [0.25, 0.3) is 0 Å². The number of imidazole rings is 1. The van der Waals surface area contributed by atoms with Crippen LogP contribution in [0.25, 0.3) is 0 Å². The van der Waals surface area contributed by atoms with Gasteiger partial charge >= 0.3 is 0 Å². The van der Waals surface area contributed by atoms with Crippen LogP contribution in [0, 0.1) is 0 Å². The number of ether oxygens (including phenoxy) is 1. The lowest BCUT2D eigenvalue weighted by Gasteiger charge is -2.24. The molecule has 1 fully saturated rings. The molecule has 2 heterocycles. The normalized spacial score (nSPS) is 23.2. The van der Waals surface area contributed by atoms with E-state index in [0.717, 1.165) is 31.8 Å². The van der Waals surface area contributed by atoms with Gasteiger partial charge in [0.15, 0.2) is 0 Å². The van der Waals surface area contributed by atoms with Crippen LogP contribution >= 0.6 is 0 Å². The predicted octanol–water partition coefficient (Wildman–Crippen LogP) is 1.90. The Hall–Kier alpha value is -0.870. The number of aliphatic hydroxyl groups is 1. The van der Waals surface area contributed by atoms with E-state index >= 15 is 0 Å². The zero-order valence-corrected chi connectivity index (χ0v) is 9.80. The maximum absolute atomic E-state index is 10.1. The lowest BCUT2D eigenvalue weighted by Crippen LogP contribution is -2.22. The Balaban J connectivity index is 1.93. The van der Waals surface area contributed by atoms with Crippen molar-refractivity contribution in [3.8, 4) is 0 Å². The highest BCUT2D eigenvalue weighted by Crippen LogP contribution is 2.23. The summed E-state index contributed by atoms with van der Waals surface area (Å²) in [6, 6.07) is 0. The van der Waals surface area contributed by atoms with Crippen LogP contribution in [0.2, 0.25) is 0 Å². The van der Waals surface area contributed by atoms with Gasteiger partial charge in [-0.25, -0.2) is 4.98 Å². The van der Waals surface area contributed by atoms with Gasteiger partial charge in [-0.3, -0.25) is 0 Å². The fraction of sp³-hybridized carbons (Fsp3) is 0.750. The Bertz CT molecular complexity index is 319. The van der Waals surface area contributed by atoms with Crippen molar-refractivity contribution in [3.63, 3.8) is 0 Å². The molecule has 0 aliphatic carbocycles. The van der Waals surface area contributed by atoms with Crippen molar-refractivity contribution in [2.45, 2.75) is 51.4 Å². The first kappa shape index (κ1) is 11.6. The van der Waals surface area contributed by atoms with Crippen molar-refractivity contribution in [3.05, 3.63) is 18.2 Å². The van der Waals surface area contributed by atoms with E-state index in [1.54, 1.807) is 6.20 Å².